The highest BCUT2D eigenvalue weighted by Gasteiger charge is 2.27. The lowest BCUT2D eigenvalue weighted by Crippen LogP contribution is -2.15. The van der Waals surface area contributed by atoms with Crippen LogP contribution in [-0.4, -0.2) is 25.7 Å². The van der Waals surface area contributed by atoms with Gasteiger partial charge in [-0.1, -0.05) is 43.4 Å². The summed E-state index contributed by atoms with van der Waals surface area (Å²) in [6.45, 7) is 0. The molecule has 1 aromatic rings. The zero-order valence-electron chi connectivity index (χ0n) is 11.9. The molecule has 116 valence electrons. The van der Waals surface area contributed by atoms with Gasteiger partial charge < -0.3 is 5.11 Å². The minimum absolute atomic E-state index is 0.0397. The maximum Gasteiger partial charge on any atom is 0.310 e. The second kappa shape index (κ2) is 6.36. The van der Waals surface area contributed by atoms with Gasteiger partial charge in [0.15, 0.2) is 9.84 Å². The molecule has 0 aromatic heterocycles. The summed E-state index contributed by atoms with van der Waals surface area (Å²) in [4.78, 5) is 11.6. The van der Waals surface area contributed by atoms with Crippen LogP contribution in [-0.2, 0) is 14.6 Å². The fourth-order valence-electron chi connectivity index (χ4n) is 2.99. The standard InChI is InChI=1S/C15H19ClO4S/c1-21(19,20)14-7-6-11(9-13(14)16)12(15(17)18)8-10-4-2-3-5-10/h6-7,9-10,12H,2-5,8H2,1H3,(H,17,18)/t12-/m0/s1. The van der Waals surface area contributed by atoms with E-state index in [1.807, 2.05) is 0 Å². The van der Waals surface area contributed by atoms with Crippen LogP contribution in [0, 0.1) is 5.92 Å². The molecule has 2 rings (SSSR count). The highest BCUT2D eigenvalue weighted by Crippen LogP contribution is 2.35. The summed E-state index contributed by atoms with van der Waals surface area (Å²) in [6.07, 6.45) is 6.12. The summed E-state index contributed by atoms with van der Waals surface area (Å²) in [5.74, 6) is -1.08. The van der Waals surface area contributed by atoms with Gasteiger partial charge in [-0.25, -0.2) is 8.42 Å². The summed E-state index contributed by atoms with van der Waals surface area (Å²) in [5, 5.41) is 9.54. The SMILES string of the molecule is CS(=O)(=O)c1ccc([C@H](CC2CCCC2)C(=O)O)cc1Cl. The molecule has 0 saturated heterocycles. The molecule has 1 aromatic carbocycles. The van der Waals surface area contributed by atoms with Crippen molar-refractivity contribution in [2.75, 3.05) is 6.26 Å². The number of carboxylic acids is 1. The predicted octanol–water partition coefficient (Wildman–Crippen LogP) is 3.49. The molecule has 0 amide bonds. The van der Waals surface area contributed by atoms with Crippen LogP contribution in [0.1, 0.15) is 43.6 Å². The number of carboxylic acid groups (broad SMARTS) is 1. The molecule has 0 bridgehead atoms. The monoisotopic (exact) mass is 330 g/mol. The van der Waals surface area contributed by atoms with Gasteiger partial charge in [0.1, 0.15) is 0 Å². The maximum atomic E-state index is 11.5. The van der Waals surface area contributed by atoms with Crippen molar-refractivity contribution in [2.45, 2.75) is 42.9 Å². The molecule has 0 radical (unpaired) electrons. The van der Waals surface area contributed by atoms with Gasteiger partial charge in [0.05, 0.1) is 15.8 Å². The molecule has 4 nitrogen and oxygen atoms in total. The Hall–Kier alpha value is -1.07. The fraction of sp³-hybridized carbons (Fsp3) is 0.533. The summed E-state index contributed by atoms with van der Waals surface area (Å²) >= 11 is 6.01. The van der Waals surface area contributed by atoms with Gasteiger partial charge in [-0.2, -0.15) is 0 Å². The summed E-state index contributed by atoms with van der Waals surface area (Å²) in [7, 11) is -3.40. The number of halogens is 1. The molecular formula is C15H19ClO4S. The Balaban J connectivity index is 2.28. The Morgan fingerprint density at radius 3 is 2.48 bits per heavy atom. The van der Waals surface area contributed by atoms with Gasteiger partial charge in [0, 0.05) is 6.26 Å². The Morgan fingerprint density at radius 1 is 1.38 bits per heavy atom. The zero-order valence-corrected chi connectivity index (χ0v) is 13.5. The number of hydrogen-bond donors (Lipinski definition) is 1. The lowest BCUT2D eigenvalue weighted by atomic mass is 9.88. The molecule has 1 fully saturated rings. The Kier molecular flexibility index (Phi) is 4.94. The molecule has 0 unspecified atom stereocenters. The van der Waals surface area contributed by atoms with Gasteiger partial charge in [-0.15, -0.1) is 0 Å². The molecule has 0 aliphatic heterocycles. The van der Waals surface area contributed by atoms with Crippen molar-refractivity contribution in [2.24, 2.45) is 5.92 Å². The highest BCUT2D eigenvalue weighted by atomic mass is 35.5. The van der Waals surface area contributed by atoms with Crippen molar-refractivity contribution in [3.8, 4) is 0 Å². The third-order valence-electron chi connectivity index (χ3n) is 4.10. The van der Waals surface area contributed by atoms with Crippen molar-refractivity contribution >= 4 is 27.4 Å². The van der Waals surface area contributed by atoms with Crippen LogP contribution in [0.3, 0.4) is 0 Å². The molecule has 0 spiro atoms. The van der Waals surface area contributed by atoms with Crippen LogP contribution in [0.4, 0.5) is 0 Å². The van der Waals surface area contributed by atoms with E-state index < -0.39 is 21.7 Å². The molecule has 1 saturated carbocycles. The van der Waals surface area contributed by atoms with Crippen molar-refractivity contribution in [3.63, 3.8) is 0 Å². The van der Waals surface area contributed by atoms with E-state index in [1.165, 1.54) is 12.1 Å². The first kappa shape index (κ1) is 16.3. The molecule has 1 aliphatic rings. The van der Waals surface area contributed by atoms with E-state index in [1.54, 1.807) is 6.07 Å². The van der Waals surface area contributed by atoms with E-state index in [9.17, 15) is 18.3 Å². The lowest BCUT2D eigenvalue weighted by molar-refractivity contribution is -0.139. The minimum atomic E-state index is -3.40. The van der Waals surface area contributed by atoms with Gasteiger partial charge in [0.25, 0.3) is 0 Å². The number of aliphatic carboxylic acids is 1. The highest BCUT2D eigenvalue weighted by molar-refractivity contribution is 7.90. The molecule has 21 heavy (non-hydrogen) atoms. The van der Waals surface area contributed by atoms with E-state index in [0.29, 0.717) is 17.9 Å². The molecule has 1 atom stereocenters. The van der Waals surface area contributed by atoms with Crippen LogP contribution < -0.4 is 0 Å². The minimum Gasteiger partial charge on any atom is -0.481 e. The smallest absolute Gasteiger partial charge is 0.310 e. The first-order valence-corrected chi connectivity index (χ1v) is 9.28. The van der Waals surface area contributed by atoms with E-state index in [2.05, 4.69) is 0 Å². The number of rotatable bonds is 5. The molecule has 1 N–H and O–H groups in total. The van der Waals surface area contributed by atoms with Crippen LogP contribution >= 0.6 is 11.6 Å². The predicted molar refractivity (Wildman–Crippen MR) is 81.5 cm³/mol. The lowest BCUT2D eigenvalue weighted by Gasteiger charge is -2.18. The quantitative estimate of drug-likeness (QED) is 0.897. The van der Waals surface area contributed by atoms with Gasteiger partial charge >= 0.3 is 5.97 Å². The van der Waals surface area contributed by atoms with Crippen molar-refractivity contribution in [3.05, 3.63) is 28.8 Å². The molecule has 0 heterocycles. The molecular weight excluding hydrogens is 312 g/mol. The van der Waals surface area contributed by atoms with Gasteiger partial charge in [0.2, 0.25) is 0 Å². The van der Waals surface area contributed by atoms with Crippen molar-refractivity contribution < 1.29 is 18.3 Å². The van der Waals surface area contributed by atoms with E-state index >= 15 is 0 Å². The van der Waals surface area contributed by atoms with Crippen molar-refractivity contribution in [1.82, 2.24) is 0 Å². The number of hydrogen-bond acceptors (Lipinski definition) is 3. The summed E-state index contributed by atoms with van der Waals surface area (Å²) < 4.78 is 23.1. The Morgan fingerprint density at radius 2 is 2.00 bits per heavy atom. The number of benzene rings is 1. The maximum absolute atomic E-state index is 11.5. The average molecular weight is 331 g/mol. The number of sulfone groups is 1. The first-order valence-electron chi connectivity index (χ1n) is 7.01. The number of carbonyl (C=O) groups is 1. The molecule has 6 heteroatoms. The van der Waals surface area contributed by atoms with E-state index in [0.717, 1.165) is 31.9 Å². The van der Waals surface area contributed by atoms with Crippen molar-refractivity contribution in [1.29, 1.82) is 0 Å². The van der Waals surface area contributed by atoms with Gasteiger partial charge in [-0.3, -0.25) is 4.79 Å². The third kappa shape index (κ3) is 3.98. The largest absolute Gasteiger partial charge is 0.481 e. The van der Waals surface area contributed by atoms with E-state index in [-0.39, 0.29) is 9.92 Å². The second-order valence-corrected chi connectivity index (χ2v) is 8.13. The average Bonchev–Trinajstić information content (AvgIpc) is 2.86. The van der Waals surface area contributed by atoms with E-state index in [4.69, 9.17) is 11.6 Å². The van der Waals surface area contributed by atoms with Crippen LogP contribution in [0.5, 0.6) is 0 Å². The summed E-state index contributed by atoms with van der Waals surface area (Å²) in [6, 6.07) is 4.44. The zero-order chi connectivity index (χ0) is 15.6. The van der Waals surface area contributed by atoms with Crippen LogP contribution in [0.2, 0.25) is 5.02 Å². The second-order valence-electron chi connectivity index (χ2n) is 5.74. The third-order valence-corrected chi connectivity index (χ3v) is 5.68. The molecule has 1 aliphatic carbocycles. The summed E-state index contributed by atoms with van der Waals surface area (Å²) in [5.41, 5.74) is 0.576. The Labute approximate surface area is 130 Å². The van der Waals surface area contributed by atoms with Crippen LogP contribution in [0.25, 0.3) is 0 Å². The normalized spacial score (nSPS) is 17.8. The first-order chi connectivity index (χ1) is 9.79. The van der Waals surface area contributed by atoms with Crippen LogP contribution in [0.15, 0.2) is 23.1 Å². The Bertz CT molecular complexity index is 633. The topological polar surface area (TPSA) is 71.4 Å². The fourth-order valence-corrected chi connectivity index (χ4v) is 4.33. The van der Waals surface area contributed by atoms with Gasteiger partial charge in [-0.05, 0) is 30.0 Å².